The molecule has 0 aliphatic heterocycles. The van der Waals surface area contributed by atoms with Crippen LogP contribution in [0.1, 0.15) is 48.2 Å². The number of hydrogen-bond donors (Lipinski definition) is 3. The summed E-state index contributed by atoms with van der Waals surface area (Å²) in [5.41, 5.74) is 2.22. The van der Waals surface area contributed by atoms with Crippen LogP contribution in [-0.4, -0.2) is 29.9 Å². The van der Waals surface area contributed by atoms with Gasteiger partial charge in [0, 0.05) is 5.69 Å². The van der Waals surface area contributed by atoms with Crippen LogP contribution in [0.4, 0.5) is 5.69 Å². The Labute approximate surface area is 167 Å². The number of H-pyrrole nitrogens is 1. The van der Waals surface area contributed by atoms with E-state index in [1.54, 1.807) is 50.2 Å². The quantitative estimate of drug-likeness (QED) is 0.555. The molecule has 2 amide bonds. The van der Waals surface area contributed by atoms with Gasteiger partial charge in [-0.25, -0.2) is 4.79 Å². The first kappa shape index (κ1) is 19.9. The number of para-hydroxylation sites is 1. The van der Waals surface area contributed by atoms with Gasteiger partial charge < -0.3 is 24.8 Å². The molecule has 0 radical (unpaired) electrons. The maximum atomic E-state index is 12.8. The standard InChI is InChI=1S/C21H21N3O5/c1-12-17(21(27)28-3)13(2)23-18(12)20(26)24-16-9-5-4-8-15(16)19(25)22-11-14-7-6-10-29-14/h4-10,23H,11H2,1-3H3,(H,22,25)(H,24,26). The Kier molecular flexibility index (Phi) is 5.82. The van der Waals surface area contributed by atoms with E-state index < -0.39 is 11.9 Å². The summed E-state index contributed by atoms with van der Waals surface area (Å²) >= 11 is 0. The molecule has 8 heteroatoms. The fraction of sp³-hybridized carbons (Fsp3) is 0.190. The van der Waals surface area contributed by atoms with Crippen LogP contribution in [0.3, 0.4) is 0 Å². The minimum absolute atomic E-state index is 0.228. The molecule has 150 valence electrons. The van der Waals surface area contributed by atoms with Gasteiger partial charge in [0.2, 0.25) is 0 Å². The van der Waals surface area contributed by atoms with Crippen molar-refractivity contribution in [2.75, 3.05) is 12.4 Å². The van der Waals surface area contributed by atoms with E-state index in [-0.39, 0.29) is 18.1 Å². The minimum atomic E-state index is -0.520. The van der Waals surface area contributed by atoms with Crippen molar-refractivity contribution in [2.24, 2.45) is 0 Å². The minimum Gasteiger partial charge on any atom is -0.467 e. The Bertz CT molecular complexity index is 1050. The number of hydrogen-bond acceptors (Lipinski definition) is 5. The molecule has 3 N–H and O–H groups in total. The highest BCUT2D eigenvalue weighted by Gasteiger charge is 2.23. The highest BCUT2D eigenvalue weighted by Crippen LogP contribution is 2.21. The average molecular weight is 395 g/mol. The summed E-state index contributed by atoms with van der Waals surface area (Å²) in [6.45, 7) is 3.57. The Morgan fingerprint density at radius 2 is 1.83 bits per heavy atom. The molecule has 0 aliphatic carbocycles. The zero-order valence-electron chi connectivity index (χ0n) is 16.3. The molecule has 0 spiro atoms. The fourth-order valence-corrected chi connectivity index (χ4v) is 3.04. The Balaban J connectivity index is 1.79. The number of amides is 2. The molecule has 0 unspecified atom stereocenters. The van der Waals surface area contributed by atoms with Gasteiger partial charge in [-0.2, -0.15) is 0 Å². The molecular weight excluding hydrogens is 374 g/mol. The monoisotopic (exact) mass is 395 g/mol. The molecule has 0 bridgehead atoms. The van der Waals surface area contributed by atoms with Crippen LogP contribution < -0.4 is 10.6 Å². The van der Waals surface area contributed by atoms with Gasteiger partial charge in [0.15, 0.2) is 0 Å². The number of aryl methyl sites for hydroxylation is 1. The summed E-state index contributed by atoms with van der Waals surface area (Å²) in [6.07, 6.45) is 1.53. The largest absolute Gasteiger partial charge is 0.467 e. The van der Waals surface area contributed by atoms with E-state index in [0.717, 1.165) is 0 Å². The number of carbonyl (C=O) groups is 3. The van der Waals surface area contributed by atoms with E-state index in [9.17, 15) is 14.4 Å². The van der Waals surface area contributed by atoms with Gasteiger partial charge in [-0.1, -0.05) is 12.1 Å². The number of anilines is 1. The van der Waals surface area contributed by atoms with E-state index in [0.29, 0.717) is 33.8 Å². The summed E-state index contributed by atoms with van der Waals surface area (Å²) in [5.74, 6) is -0.723. The van der Waals surface area contributed by atoms with Crippen molar-refractivity contribution in [1.29, 1.82) is 0 Å². The summed E-state index contributed by atoms with van der Waals surface area (Å²) in [7, 11) is 1.28. The Hall–Kier alpha value is -3.81. The number of furan rings is 1. The molecule has 3 rings (SSSR count). The highest BCUT2D eigenvalue weighted by atomic mass is 16.5. The molecule has 3 aromatic rings. The van der Waals surface area contributed by atoms with Crippen molar-refractivity contribution in [1.82, 2.24) is 10.3 Å². The number of ether oxygens (including phenoxy) is 1. The number of aromatic nitrogens is 1. The van der Waals surface area contributed by atoms with E-state index in [1.165, 1.54) is 13.4 Å². The number of esters is 1. The lowest BCUT2D eigenvalue weighted by atomic mass is 10.1. The van der Waals surface area contributed by atoms with Crippen molar-refractivity contribution in [3.8, 4) is 0 Å². The first-order valence-corrected chi connectivity index (χ1v) is 8.90. The number of rotatable bonds is 6. The summed E-state index contributed by atoms with van der Waals surface area (Å²) in [6, 6.07) is 10.1. The Morgan fingerprint density at radius 3 is 2.52 bits per heavy atom. The predicted octanol–water partition coefficient (Wildman–Crippen LogP) is 3.19. The number of aromatic amines is 1. The fourth-order valence-electron chi connectivity index (χ4n) is 3.04. The molecule has 0 saturated heterocycles. The van der Waals surface area contributed by atoms with Crippen LogP contribution in [-0.2, 0) is 11.3 Å². The maximum absolute atomic E-state index is 12.8. The second-order valence-corrected chi connectivity index (χ2v) is 6.38. The van der Waals surface area contributed by atoms with E-state index in [1.807, 2.05) is 0 Å². The Morgan fingerprint density at radius 1 is 1.07 bits per heavy atom. The van der Waals surface area contributed by atoms with Crippen LogP contribution in [0.2, 0.25) is 0 Å². The predicted molar refractivity (Wildman–Crippen MR) is 106 cm³/mol. The summed E-state index contributed by atoms with van der Waals surface area (Å²) in [5, 5.41) is 5.48. The lowest BCUT2D eigenvalue weighted by Gasteiger charge is -2.11. The van der Waals surface area contributed by atoms with Crippen molar-refractivity contribution in [2.45, 2.75) is 20.4 Å². The van der Waals surface area contributed by atoms with E-state index in [4.69, 9.17) is 9.15 Å². The SMILES string of the molecule is COC(=O)c1c(C)[nH]c(C(=O)Nc2ccccc2C(=O)NCc2ccco2)c1C. The van der Waals surface area contributed by atoms with Gasteiger partial charge in [-0.05, 0) is 43.7 Å². The second kappa shape index (κ2) is 8.47. The van der Waals surface area contributed by atoms with Gasteiger partial charge in [0.05, 0.1) is 36.7 Å². The molecular formula is C21H21N3O5. The molecule has 0 atom stereocenters. The molecule has 0 saturated carbocycles. The molecule has 2 heterocycles. The van der Waals surface area contributed by atoms with Crippen LogP contribution in [0, 0.1) is 13.8 Å². The maximum Gasteiger partial charge on any atom is 0.339 e. The van der Waals surface area contributed by atoms with Crippen molar-refractivity contribution < 1.29 is 23.5 Å². The number of nitrogens with one attached hydrogen (secondary N) is 3. The molecule has 2 aromatic heterocycles. The first-order valence-electron chi connectivity index (χ1n) is 8.90. The third kappa shape index (κ3) is 4.21. The smallest absolute Gasteiger partial charge is 0.339 e. The summed E-state index contributed by atoms with van der Waals surface area (Å²) < 4.78 is 9.97. The van der Waals surface area contributed by atoms with Gasteiger partial charge >= 0.3 is 5.97 Å². The molecule has 29 heavy (non-hydrogen) atoms. The number of benzene rings is 1. The third-order valence-electron chi connectivity index (χ3n) is 4.48. The second-order valence-electron chi connectivity index (χ2n) is 6.38. The van der Waals surface area contributed by atoms with Crippen molar-refractivity contribution in [3.05, 3.63) is 76.5 Å². The van der Waals surface area contributed by atoms with Crippen LogP contribution >= 0.6 is 0 Å². The topological polar surface area (TPSA) is 113 Å². The molecule has 0 fully saturated rings. The molecule has 1 aromatic carbocycles. The van der Waals surface area contributed by atoms with Crippen LogP contribution in [0.25, 0.3) is 0 Å². The van der Waals surface area contributed by atoms with Gasteiger partial charge in [-0.3, -0.25) is 9.59 Å². The van der Waals surface area contributed by atoms with Gasteiger partial charge in [0.25, 0.3) is 11.8 Å². The lowest BCUT2D eigenvalue weighted by Crippen LogP contribution is -2.25. The highest BCUT2D eigenvalue weighted by molar-refractivity contribution is 6.10. The van der Waals surface area contributed by atoms with E-state index in [2.05, 4.69) is 15.6 Å². The van der Waals surface area contributed by atoms with Gasteiger partial charge in [0.1, 0.15) is 11.5 Å². The lowest BCUT2D eigenvalue weighted by molar-refractivity contribution is 0.0599. The third-order valence-corrected chi connectivity index (χ3v) is 4.48. The van der Waals surface area contributed by atoms with E-state index >= 15 is 0 Å². The average Bonchev–Trinajstić information content (AvgIpc) is 3.33. The number of carbonyl (C=O) groups excluding carboxylic acids is 3. The zero-order chi connectivity index (χ0) is 21.0. The van der Waals surface area contributed by atoms with Gasteiger partial charge in [-0.15, -0.1) is 0 Å². The number of methoxy groups -OCH3 is 1. The van der Waals surface area contributed by atoms with Crippen LogP contribution in [0.5, 0.6) is 0 Å². The molecule has 8 nitrogen and oxygen atoms in total. The normalized spacial score (nSPS) is 10.4. The first-order chi connectivity index (χ1) is 13.9. The van der Waals surface area contributed by atoms with Crippen molar-refractivity contribution in [3.63, 3.8) is 0 Å². The molecule has 0 aliphatic rings. The van der Waals surface area contributed by atoms with Crippen molar-refractivity contribution >= 4 is 23.5 Å². The zero-order valence-corrected chi connectivity index (χ0v) is 16.3. The summed E-state index contributed by atoms with van der Waals surface area (Å²) in [4.78, 5) is 40.2. The van der Waals surface area contributed by atoms with Crippen LogP contribution in [0.15, 0.2) is 47.1 Å².